The third-order valence-electron chi connectivity index (χ3n) is 0.393. The van der Waals surface area contributed by atoms with E-state index in [4.69, 9.17) is 0 Å². The van der Waals surface area contributed by atoms with E-state index in [0.717, 1.165) is 11.9 Å². The topological polar surface area (TPSA) is 3.24 Å². The molecule has 0 aromatic heterocycles. The summed E-state index contributed by atoms with van der Waals surface area (Å²) in [6.45, 7) is 1.04. The molecule has 0 aliphatic heterocycles. The lowest BCUT2D eigenvalue weighted by Gasteiger charge is -1.99. The Balaban J connectivity index is 2.63. The molecule has 6 heavy (non-hydrogen) atoms. The van der Waals surface area contributed by atoms with Gasteiger partial charge in [0.2, 0.25) is 0 Å². The minimum absolute atomic E-state index is 1.02. The second-order valence-corrected chi connectivity index (χ2v) is 3.02. The van der Waals surface area contributed by atoms with Crippen molar-refractivity contribution in [2.75, 3.05) is 18.9 Å². The minimum Gasteiger partial charge on any atom is -0.245 e. The Bertz CT molecular complexity index is 30.0. The summed E-state index contributed by atoms with van der Waals surface area (Å²) in [6, 6.07) is 0. The Morgan fingerprint density at radius 2 is 2.17 bits per heavy atom. The molecule has 0 aliphatic rings. The number of nitrogens with zero attached hydrogens (tertiary/aromatic N) is 1. The van der Waals surface area contributed by atoms with Gasteiger partial charge < -0.3 is 0 Å². The molecule has 0 fully saturated rings. The molecule has 0 saturated heterocycles. The maximum Gasteiger partial charge on any atom is 0.0187 e. The first-order valence-electron chi connectivity index (χ1n) is 1.70. The van der Waals surface area contributed by atoms with Crippen molar-refractivity contribution in [3.05, 3.63) is 0 Å². The van der Waals surface area contributed by atoms with Gasteiger partial charge in [0.25, 0.3) is 0 Å². The van der Waals surface area contributed by atoms with Crippen LogP contribution in [-0.4, -0.2) is 22.8 Å². The molecule has 0 atom stereocenters. The van der Waals surface area contributed by atoms with Crippen LogP contribution in [0.5, 0.6) is 0 Å². The largest absolute Gasteiger partial charge is 0.245 e. The van der Waals surface area contributed by atoms with Crippen LogP contribution in [0.3, 0.4) is 0 Å². The molecule has 0 N–H and O–H groups in total. The summed E-state index contributed by atoms with van der Waals surface area (Å²) in [6.07, 6.45) is 0. The van der Waals surface area contributed by atoms with Crippen molar-refractivity contribution in [3.8, 4) is 0 Å². The van der Waals surface area contributed by atoms with E-state index in [1.165, 1.54) is 0 Å². The van der Waals surface area contributed by atoms with Crippen molar-refractivity contribution >= 4 is 32.1 Å². The monoisotopic (exact) mass is 215 g/mol. The van der Waals surface area contributed by atoms with Gasteiger partial charge in [-0.3, -0.25) is 0 Å². The molecule has 38 valence electrons. The average molecular weight is 217 g/mol. The van der Waals surface area contributed by atoms with Crippen LogP contribution in [0.15, 0.2) is 0 Å². The Morgan fingerprint density at radius 1 is 1.67 bits per heavy atom. The molecule has 0 saturated carbocycles. The molecule has 0 radical (unpaired) electrons. The molecule has 1 nitrogen and oxygen atoms in total. The van der Waals surface area contributed by atoms with Gasteiger partial charge in [-0.25, -0.2) is 3.93 Å². The number of alkyl halides is 1. The number of halogens is 2. The summed E-state index contributed by atoms with van der Waals surface area (Å²) in [7, 11) is 1.97. The summed E-state index contributed by atoms with van der Waals surface area (Å²) in [5.41, 5.74) is 0. The molecule has 3 heteroatoms. The first kappa shape index (κ1) is 6.92. The molecule has 0 unspecified atom stereocenters. The summed E-state index contributed by atoms with van der Waals surface area (Å²) in [5.74, 6) is 0. The van der Waals surface area contributed by atoms with Crippen molar-refractivity contribution in [3.63, 3.8) is 0 Å². The highest BCUT2D eigenvalue weighted by Gasteiger charge is 1.83. The van der Waals surface area contributed by atoms with Crippen LogP contribution in [0.4, 0.5) is 0 Å². The number of hydrogen-bond acceptors (Lipinski definition) is 1. The molecule has 0 spiro atoms. The molecule has 0 aromatic carbocycles. The highest BCUT2D eigenvalue weighted by molar-refractivity contribution is 9.09. The third kappa shape index (κ3) is 4.92. The maximum atomic E-state index is 3.28. The predicted molar refractivity (Wildman–Crippen MR) is 35.4 cm³/mol. The van der Waals surface area contributed by atoms with E-state index in [0.29, 0.717) is 0 Å². The molecule has 0 amide bonds. The van der Waals surface area contributed by atoms with E-state index < -0.39 is 0 Å². The second-order valence-electron chi connectivity index (χ2n) is 1.02. The van der Waals surface area contributed by atoms with Gasteiger partial charge in [0.05, 0.1) is 0 Å². The van der Waals surface area contributed by atoms with Crippen LogP contribution in [0.2, 0.25) is 0 Å². The fourth-order valence-corrected chi connectivity index (χ4v) is 1.30. The zero-order valence-electron chi connectivity index (χ0n) is 3.62. The van der Waals surface area contributed by atoms with Gasteiger partial charge in [-0.1, -0.05) is 15.9 Å². The Labute approximate surface area is 55.2 Å². The standard InChI is InChI=1S/C3H7Br2N/c1-6(5)3-2-4/h2-3H2,1H3. The normalized spacial score (nSPS) is 10.0. The van der Waals surface area contributed by atoms with Crippen molar-refractivity contribution in [2.45, 2.75) is 0 Å². The lowest BCUT2D eigenvalue weighted by atomic mass is 10.8. The minimum atomic E-state index is 1.02. The van der Waals surface area contributed by atoms with Crippen LogP contribution >= 0.6 is 32.1 Å². The van der Waals surface area contributed by atoms with Crippen LogP contribution in [0.1, 0.15) is 0 Å². The maximum absolute atomic E-state index is 3.28. The van der Waals surface area contributed by atoms with Gasteiger partial charge in [0.1, 0.15) is 0 Å². The third-order valence-corrected chi connectivity index (χ3v) is 1.10. The quantitative estimate of drug-likeness (QED) is 0.501. The zero-order valence-corrected chi connectivity index (χ0v) is 6.79. The first-order chi connectivity index (χ1) is 2.77. The molecule has 0 heterocycles. The second kappa shape index (κ2) is 4.09. The summed E-state index contributed by atoms with van der Waals surface area (Å²) < 4.78 is 1.95. The van der Waals surface area contributed by atoms with Gasteiger partial charge in [0.15, 0.2) is 0 Å². The first-order valence-corrected chi connectivity index (χ1v) is 3.53. The summed E-state index contributed by atoms with van der Waals surface area (Å²) in [5, 5.41) is 1.02. The van der Waals surface area contributed by atoms with E-state index in [2.05, 4.69) is 32.1 Å². The smallest absolute Gasteiger partial charge is 0.0187 e. The summed E-state index contributed by atoms with van der Waals surface area (Å²) in [4.78, 5) is 0. The Hall–Kier alpha value is 0.920. The van der Waals surface area contributed by atoms with Crippen LogP contribution in [0, 0.1) is 0 Å². The van der Waals surface area contributed by atoms with Gasteiger partial charge in [-0.2, -0.15) is 0 Å². The number of hydrogen-bond donors (Lipinski definition) is 0. The summed E-state index contributed by atoms with van der Waals surface area (Å²) >= 11 is 6.52. The fraction of sp³-hybridized carbons (Fsp3) is 1.00. The highest BCUT2D eigenvalue weighted by atomic mass is 79.9. The SMILES string of the molecule is CN(Br)CCBr. The van der Waals surface area contributed by atoms with E-state index >= 15 is 0 Å². The van der Waals surface area contributed by atoms with Gasteiger partial charge in [-0.15, -0.1) is 0 Å². The van der Waals surface area contributed by atoms with Gasteiger partial charge >= 0.3 is 0 Å². The molecule has 0 aromatic rings. The van der Waals surface area contributed by atoms with Crippen molar-refractivity contribution < 1.29 is 0 Å². The Kier molecular flexibility index (Phi) is 4.72. The molecule has 0 aliphatic carbocycles. The molecule has 0 bridgehead atoms. The van der Waals surface area contributed by atoms with E-state index in [1.807, 2.05) is 11.0 Å². The lowest BCUT2D eigenvalue weighted by molar-refractivity contribution is 0.632. The molecular weight excluding hydrogens is 210 g/mol. The number of rotatable bonds is 2. The highest BCUT2D eigenvalue weighted by Crippen LogP contribution is 1.91. The fourth-order valence-electron chi connectivity index (χ4n) is 0.116. The zero-order chi connectivity index (χ0) is 4.99. The van der Waals surface area contributed by atoms with E-state index in [-0.39, 0.29) is 0 Å². The van der Waals surface area contributed by atoms with Gasteiger partial charge in [0, 0.05) is 28.0 Å². The van der Waals surface area contributed by atoms with Crippen LogP contribution < -0.4 is 0 Å². The van der Waals surface area contributed by atoms with E-state index in [9.17, 15) is 0 Å². The van der Waals surface area contributed by atoms with Crippen molar-refractivity contribution in [1.29, 1.82) is 0 Å². The molecular formula is C3H7Br2N. The van der Waals surface area contributed by atoms with Crippen molar-refractivity contribution in [2.24, 2.45) is 0 Å². The lowest BCUT2D eigenvalue weighted by Crippen LogP contribution is -2.05. The van der Waals surface area contributed by atoms with Crippen LogP contribution in [-0.2, 0) is 0 Å². The van der Waals surface area contributed by atoms with E-state index in [1.54, 1.807) is 0 Å². The average Bonchev–Trinajstić information content (AvgIpc) is 1.35. The van der Waals surface area contributed by atoms with Crippen LogP contribution in [0.25, 0.3) is 0 Å². The van der Waals surface area contributed by atoms with Crippen molar-refractivity contribution in [1.82, 2.24) is 3.93 Å². The Morgan fingerprint density at radius 3 is 2.17 bits per heavy atom. The molecule has 0 rings (SSSR count). The van der Waals surface area contributed by atoms with Gasteiger partial charge in [-0.05, 0) is 7.05 Å². The predicted octanol–water partition coefficient (Wildman–Crippen LogP) is 1.62.